The van der Waals surface area contributed by atoms with Gasteiger partial charge in [0.2, 0.25) is 0 Å². The molecule has 2 unspecified atom stereocenters. The van der Waals surface area contributed by atoms with E-state index in [0.29, 0.717) is 12.4 Å². The van der Waals surface area contributed by atoms with E-state index >= 15 is 0 Å². The summed E-state index contributed by atoms with van der Waals surface area (Å²) in [7, 11) is 5.48. The van der Waals surface area contributed by atoms with Gasteiger partial charge in [-0.05, 0) is 24.6 Å². The number of methoxy groups -OCH3 is 1. The minimum Gasteiger partial charge on any atom is -0.383 e. The number of likely N-dealkylation sites (tertiary alicyclic amines) is 1. The smallest absolute Gasteiger partial charge is 0.320 e. The Bertz CT molecular complexity index is 1360. The quantitative estimate of drug-likeness (QED) is 0.383. The number of urea groups is 1. The van der Waals surface area contributed by atoms with Crippen molar-refractivity contribution in [2.45, 2.75) is 18.9 Å². The second-order valence-electron chi connectivity index (χ2n) is 9.48. The number of carbonyl (C=O) groups is 1. The zero-order valence-electron chi connectivity index (χ0n) is 21.6. The fraction of sp³-hybridized carbons (Fsp3) is 0.385. The highest BCUT2D eigenvalue weighted by atomic mass is 16.5. The van der Waals surface area contributed by atoms with E-state index in [0.717, 1.165) is 47.7 Å². The highest BCUT2D eigenvalue weighted by Gasteiger charge is 2.35. The molecule has 2 amide bonds. The zero-order chi connectivity index (χ0) is 25.9. The predicted octanol–water partition coefficient (Wildman–Crippen LogP) is 2.55. The molecule has 1 aliphatic rings. The molecule has 5 rings (SSSR count). The third-order valence-electron chi connectivity index (χ3n) is 6.81. The first-order valence-corrected chi connectivity index (χ1v) is 12.3. The van der Waals surface area contributed by atoms with Crippen molar-refractivity contribution in [2.75, 3.05) is 38.7 Å². The van der Waals surface area contributed by atoms with Crippen molar-refractivity contribution in [1.29, 1.82) is 0 Å². The van der Waals surface area contributed by atoms with Crippen LogP contribution in [0.2, 0.25) is 0 Å². The molecule has 11 nitrogen and oxygen atoms in total. The van der Waals surface area contributed by atoms with E-state index in [1.54, 1.807) is 27.4 Å². The van der Waals surface area contributed by atoms with Gasteiger partial charge in [-0.25, -0.2) is 9.48 Å². The summed E-state index contributed by atoms with van der Waals surface area (Å²) in [5.41, 5.74) is 4.49. The van der Waals surface area contributed by atoms with Crippen molar-refractivity contribution in [1.82, 2.24) is 39.6 Å². The van der Waals surface area contributed by atoms with E-state index < -0.39 is 0 Å². The maximum absolute atomic E-state index is 13.4. The van der Waals surface area contributed by atoms with Gasteiger partial charge < -0.3 is 10.1 Å². The van der Waals surface area contributed by atoms with Crippen LogP contribution in [0.15, 0.2) is 55.1 Å². The topological polar surface area (TPSA) is 107 Å². The van der Waals surface area contributed by atoms with Crippen LogP contribution in [0.4, 0.5) is 10.6 Å². The Hall–Kier alpha value is -3.96. The van der Waals surface area contributed by atoms with Crippen molar-refractivity contribution in [2.24, 2.45) is 14.1 Å². The van der Waals surface area contributed by atoms with E-state index in [1.807, 2.05) is 69.9 Å². The zero-order valence-corrected chi connectivity index (χ0v) is 21.6. The summed E-state index contributed by atoms with van der Waals surface area (Å²) in [6, 6.07) is 9.43. The number of hydrogen-bond donors (Lipinski definition) is 2. The van der Waals surface area contributed by atoms with E-state index in [9.17, 15) is 4.79 Å². The summed E-state index contributed by atoms with van der Waals surface area (Å²) in [5.74, 6) is 0.747. The normalized spacial score (nSPS) is 17.8. The van der Waals surface area contributed by atoms with Crippen LogP contribution in [0, 0.1) is 6.92 Å². The van der Waals surface area contributed by atoms with Gasteiger partial charge in [0.15, 0.2) is 0 Å². The van der Waals surface area contributed by atoms with Gasteiger partial charge in [-0.3, -0.25) is 19.6 Å². The Balaban J connectivity index is 1.40. The van der Waals surface area contributed by atoms with Crippen molar-refractivity contribution in [3.63, 3.8) is 0 Å². The van der Waals surface area contributed by atoms with Crippen LogP contribution in [0.25, 0.3) is 16.9 Å². The predicted molar refractivity (Wildman–Crippen MR) is 141 cm³/mol. The Morgan fingerprint density at radius 2 is 1.84 bits per heavy atom. The average Bonchev–Trinajstić information content (AvgIpc) is 3.67. The third-order valence-corrected chi connectivity index (χ3v) is 6.81. The molecule has 194 valence electrons. The molecule has 0 saturated carbocycles. The first-order valence-electron chi connectivity index (χ1n) is 12.3. The Kier molecular flexibility index (Phi) is 7.06. The van der Waals surface area contributed by atoms with E-state index in [-0.39, 0.29) is 18.0 Å². The van der Waals surface area contributed by atoms with Crippen LogP contribution in [0.1, 0.15) is 17.0 Å². The fourth-order valence-corrected chi connectivity index (χ4v) is 4.93. The minimum atomic E-state index is -0.273. The molecule has 4 aromatic rings. The Labute approximate surface area is 216 Å². The van der Waals surface area contributed by atoms with Gasteiger partial charge in [0.05, 0.1) is 30.7 Å². The number of nitrogens with zero attached hydrogens (tertiary/aromatic N) is 7. The third kappa shape index (κ3) is 5.27. The van der Waals surface area contributed by atoms with Gasteiger partial charge in [-0.2, -0.15) is 15.3 Å². The number of ether oxygens (including phenoxy) is 1. The summed E-state index contributed by atoms with van der Waals surface area (Å²) in [4.78, 5) is 15.7. The molecule has 1 saturated heterocycles. The first kappa shape index (κ1) is 24.7. The average molecular weight is 504 g/mol. The molecule has 1 aliphatic heterocycles. The van der Waals surface area contributed by atoms with Crippen LogP contribution in [0.3, 0.4) is 0 Å². The molecular weight excluding hydrogens is 470 g/mol. The summed E-state index contributed by atoms with van der Waals surface area (Å²) in [5, 5.41) is 19.8. The van der Waals surface area contributed by atoms with Gasteiger partial charge in [0.25, 0.3) is 0 Å². The van der Waals surface area contributed by atoms with Gasteiger partial charge in [0.1, 0.15) is 11.5 Å². The SMILES string of the molecule is COCCN1CC(NC(=O)Nc2c(C)c(-c3cnn(C)c3)nn2-c2ccccc2)C(c2cnn(C)c2)C1. The molecule has 0 spiro atoms. The summed E-state index contributed by atoms with van der Waals surface area (Å²) < 4.78 is 10.6. The van der Waals surface area contributed by atoms with Gasteiger partial charge in [-0.15, -0.1) is 0 Å². The van der Waals surface area contributed by atoms with Gasteiger partial charge in [0, 0.05) is 70.3 Å². The van der Waals surface area contributed by atoms with E-state index in [4.69, 9.17) is 9.84 Å². The molecule has 2 atom stereocenters. The molecule has 2 N–H and O–H groups in total. The molecule has 37 heavy (non-hydrogen) atoms. The number of rotatable bonds is 8. The van der Waals surface area contributed by atoms with Crippen molar-refractivity contribution in [3.05, 3.63) is 66.2 Å². The summed E-state index contributed by atoms with van der Waals surface area (Å²) in [6.45, 7) is 4.97. The van der Waals surface area contributed by atoms with Crippen LogP contribution in [-0.2, 0) is 18.8 Å². The lowest BCUT2D eigenvalue weighted by Gasteiger charge is -2.20. The molecular formula is C26H33N9O2. The number of hydrogen-bond acceptors (Lipinski definition) is 6. The molecule has 1 aromatic carbocycles. The molecule has 0 bridgehead atoms. The lowest BCUT2D eigenvalue weighted by Crippen LogP contribution is -2.42. The molecule has 0 radical (unpaired) electrons. The summed E-state index contributed by atoms with van der Waals surface area (Å²) >= 11 is 0. The molecule has 4 heterocycles. The highest BCUT2D eigenvalue weighted by molar-refractivity contribution is 5.91. The number of carbonyl (C=O) groups excluding carboxylic acids is 1. The molecule has 11 heteroatoms. The maximum Gasteiger partial charge on any atom is 0.320 e. The number of anilines is 1. The number of benzene rings is 1. The maximum atomic E-state index is 13.4. The van der Waals surface area contributed by atoms with Crippen LogP contribution < -0.4 is 10.6 Å². The van der Waals surface area contributed by atoms with Crippen molar-refractivity contribution < 1.29 is 9.53 Å². The number of amides is 2. The number of aromatic nitrogens is 6. The molecule has 3 aromatic heterocycles. The second kappa shape index (κ2) is 10.6. The van der Waals surface area contributed by atoms with Gasteiger partial charge in [-0.1, -0.05) is 18.2 Å². The largest absolute Gasteiger partial charge is 0.383 e. The number of aryl methyl sites for hydroxylation is 2. The number of para-hydroxylation sites is 1. The van der Waals surface area contributed by atoms with Crippen molar-refractivity contribution in [3.8, 4) is 16.9 Å². The Morgan fingerprint density at radius 3 is 2.51 bits per heavy atom. The lowest BCUT2D eigenvalue weighted by molar-refractivity contribution is 0.159. The second-order valence-corrected chi connectivity index (χ2v) is 9.48. The van der Waals surface area contributed by atoms with Crippen LogP contribution in [-0.4, -0.2) is 79.7 Å². The first-order chi connectivity index (χ1) is 17.9. The Morgan fingerprint density at radius 1 is 1.08 bits per heavy atom. The lowest BCUT2D eigenvalue weighted by atomic mass is 9.97. The molecule has 0 aliphatic carbocycles. The van der Waals surface area contributed by atoms with E-state index in [2.05, 4.69) is 25.7 Å². The fourth-order valence-electron chi connectivity index (χ4n) is 4.93. The van der Waals surface area contributed by atoms with Crippen LogP contribution >= 0.6 is 0 Å². The van der Waals surface area contributed by atoms with E-state index in [1.165, 1.54) is 0 Å². The van der Waals surface area contributed by atoms with Gasteiger partial charge >= 0.3 is 6.03 Å². The summed E-state index contributed by atoms with van der Waals surface area (Å²) in [6.07, 6.45) is 7.60. The minimum absolute atomic E-state index is 0.0766. The standard InChI is InChI=1S/C26H33N9O2/c1-18-24(20-13-28-33(3)15-20)31-35(21-8-6-5-7-9-21)25(18)30-26(36)29-23-17-34(10-11-37-4)16-22(23)19-12-27-32(2)14-19/h5-9,12-15,22-23H,10-11,16-17H2,1-4H3,(H2,29,30,36). The highest BCUT2D eigenvalue weighted by Crippen LogP contribution is 2.31. The van der Waals surface area contributed by atoms with Crippen LogP contribution in [0.5, 0.6) is 0 Å². The number of nitrogens with one attached hydrogen (secondary N) is 2. The van der Waals surface area contributed by atoms with Crippen molar-refractivity contribution >= 4 is 11.8 Å². The molecule has 1 fully saturated rings. The monoisotopic (exact) mass is 503 g/mol.